The number of rotatable bonds is 6. The third kappa shape index (κ3) is 4.59. The van der Waals surface area contributed by atoms with Crippen LogP contribution in [0.5, 0.6) is 0 Å². The van der Waals surface area contributed by atoms with Gasteiger partial charge in [-0.05, 0) is 57.2 Å². The van der Waals surface area contributed by atoms with Crippen molar-refractivity contribution in [2.45, 2.75) is 51.1 Å². The lowest BCUT2D eigenvalue weighted by molar-refractivity contribution is 0.276. The molecule has 0 aliphatic heterocycles. The van der Waals surface area contributed by atoms with Crippen LogP contribution in [0.3, 0.4) is 0 Å². The Morgan fingerprint density at radius 3 is 2.62 bits per heavy atom. The maximum Gasteiger partial charge on any atom is 0.0443 e. The zero-order valence-corrected chi connectivity index (χ0v) is 15.1. The first-order chi connectivity index (χ1) is 11.3. The van der Waals surface area contributed by atoms with Crippen LogP contribution >= 0.6 is 12.4 Å². The van der Waals surface area contributed by atoms with Crippen molar-refractivity contribution >= 4 is 28.9 Å². The van der Waals surface area contributed by atoms with Crippen LogP contribution < -0.4 is 10.6 Å². The topological polar surface area (TPSA) is 57.2 Å². The molecule has 0 atom stereocenters. The quantitative estimate of drug-likeness (QED) is 0.696. The van der Waals surface area contributed by atoms with Gasteiger partial charge in [0.15, 0.2) is 0 Å². The van der Waals surface area contributed by atoms with Gasteiger partial charge in [0.2, 0.25) is 0 Å². The molecule has 3 rings (SSSR count). The number of pyridine rings is 1. The molecular weight excluding hydrogens is 322 g/mol. The Hall–Kier alpha value is -1.36. The van der Waals surface area contributed by atoms with Gasteiger partial charge in [-0.3, -0.25) is 4.98 Å². The highest BCUT2D eigenvalue weighted by Crippen LogP contribution is 2.29. The molecule has 1 saturated carbocycles. The van der Waals surface area contributed by atoms with Crippen molar-refractivity contribution in [2.24, 2.45) is 0 Å². The highest BCUT2D eigenvalue weighted by molar-refractivity contribution is 5.95. The first kappa shape index (κ1) is 19.0. The minimum absolute atomic E-state index is 0. The van der Waals surface area contributed by atoms with E-state index in [0.29, 0.717) is 12.1 Å². The molecule has 0 bridgehead atoms. The predicted molar refractivity (Wildman–Crippen MR) is 103 cm³/mol. The number of hydrogen-bond acceptors (Lipinski definition) is 4. The number of hydrogen-bond donors (Lipinski definition) is 3. The van der Waals surface area contributed by atoms with E-state index in [2.05, 4.69) is 40.7 Å². The Balaban J connectivity index is 0.00000208. The highest BCUT2D eigenvalue weighted by Gasteiger charge is 2.21. The second kappa shape index (κ2) is 9.21. The Morgan fingerprint density at radius 1 is 1.12 bits per heavy atom. The highest BCUT2D eigenvalue weighted by atomic mass is 35.5. The van der Waals surface area contributed by atoms with Gasteiger partial charge in [-0.25, -0.2) is 0 Å². The Morgan fingerprint density at radius 2 is 1.88 bits per heavy atom. The van der Waals surface area contributed by atoms with E-state index in [4.69, 9.17) is 5.11 Å². The van der Waals surface area contributed by atoms with Crippen LogP contribution in [-0.2, 0) is 0 Å². The van der Waals surface area contributed by atoms with Gasteiger partial charge in [0.05, 0.1) is 0 Å². The zero-order chi connectivity index (χ0) is 16.1. The molecular formula is C19H28ClN3O. The number of anilines is 1. The summed E-state index contributed by atoms with van der Waals surface area (Å²) in [5, 5.41) is 18.7. The Kier molecular flexibility index (Phi) is 7.28. The molecule has 4 nitrogen and oxygen atoms in total. The number of fused-ring (bicyclic) bond motifs is 1. The van der Waals surface area contributed by atoms with E-state index >= 15 is 0 Å². The standard InChI is InChI=1S/C19H27N3O.ClH/c1-14-12-20-13-15-4-2-5-18(19(14)15)22-17-8-6-16(7-9-17)21-10-3-11-23;/h2,4-5,12-13,16-17,21-23H,3,6-11H2,1H3;1H. The van der Waals surface area contributed by atoms with Gasteiger partial charge in [-0.2, -0.15) is 0 Å². The molecule has 0 radical (unpaired) electrons. The van der Waals surface area contributed by atoms with Gasteiger partial charge in [-0.1, -0.05) is 12.1 Å². The Bertz CT molecular complexity index is 636. The number of aryl methyl sites for hydroxylation is 1. The van der Waals surface area contributed by atoms with E-state index in [9.17, 15) is 0 Å². The van der Waals surface area contributed by atoms with Crippen molar-refractivity contribution in [3.63, 3.8) is 0 Å². The van der Waals surface area contributed by atoms with Crippen LogP contribution in [0.1, 0.15) is 37.7 Å². The minimum Gasteiger partial charge on any atom is -0.396 e. The maximum absolute atomic E-state index is 8.86. The van der Waals surface area contributed by atoms with E-state index < -0.39 is 0 Å². The van der Waals surface area contributed by atoms with E-state index in [1.54, 1.807) is 0 Å². The van der Waals surface area contributed by atoms with Crippen LogP contribution in [0, 0.1) is 6.92 Å². The lowest BCUT2D eigenvalue weighted by Gasteiger charge is -2.31. The van der Waals surface area contributed by atoms with Gasteiger partial charge in [0.1, 0.15) is 0 Å². The molecule has 0 spiro atoms. The summed E-state index contributed by atoms with van der Waals surface area (Å²) in [6, 6.07) is 7.57. The summed E-state index contributed by atoms with van der Waals surface area (Å²) in [7, 11) is 0. The van der Waals surface area contributed by atoms with Crippen LogP contribution in [0.4, 0.5) is 5.69 Å². The molecule has 1 aromatic heterocycles. The number of aromatic nitrogens is 1. The number of benzene rings is 1. The molecule has 0 saturated heterocycles. The molecule has 1 aliphatic rings. The van der Waals surface area contributed by atoms with Crippen molar-refractivity contribution in [3.05, 3.63) is 36.2 Å². The van der Waals surface area contributed by atoms with Crippen molar-refractivity contribution in [1.29, 1.82) is 0 Å². The number of aliphatic hydroxyl groups is 1. The first-order valence-corrected chi connectivity index (χ1v) is 8.72. The van der Waals surface area contributed by atoms with Crippen molar-refractivity contribution < 1.29 is 5.11 Å². The van der Waals surface area contributed by atoms with Gasteiger partial charge < -0.3 is 15.7 Å². The van der Waals surface area contributed by atoms with E-state index in [1.807, 2.05) is 12.4 Å². The normalized spacial score (nSPS) is 20.6. The summed E-state index contributed by atoms with van der Waals surface area (Å²) in [6.45, 7) is 3.33. The van der Waals surface area contributed by atoms with E-state index in [0.717, 1.165) is 13.0 Å². The fraction of sp³-hybridized carbons (Fsp3) is 0.526. The molecule has 24 heavy (non-hydrogen) atoms. The fourth-order valence-corrected chi connectivity index (χ4v) is 3.58. The predicted octanol–water partition coefficient (Wildman–Crippen LogP) is 3.66. The molecule has 132 valence electrons. The SMILES string of the molecule is Cc1cncc2cccc(NC3CCC(NCCCO)CC3)c12.Cl. The number of nitrogens with one attached hydrogen (secondary N) is 2. The van der Waals surface area contributed by atoms with Crippen molar-refractivity contribution in [2.75, 3.05) is 18.5 Å². The van der Waals surface area contributed by atoms with Crippen LogP contribution in [0.15, 0.2) is 30.6 Å². The van der Waals surface area contributed by atoms with Gasteiger partial charge in [0.25, 0.3) is 0 Å². The van der Waals surface area contributed by atoms with E-state index in [1.165, 1.54) is 47.7 Å². The summed E-state index contributed by atoms with van der Waals surface area (Å²) >= 11 is 0. The van der Waals surface area contributed by atoms with Gasteiger partial charge in [-0.15, -0.1) is 12.4 Å². The zero-order valence-electron chi connectivity index (χ0n) is 14.3. The largest absolute Gasteiger partial charge is 0.396 e. The summed E-state index contributed by atoms with van der Waals surface area (Å²) in [5.41, 5.74) is 2.46. The number of nitrogens with zero attached hydrogens (tertiary/aromatic N) is 1. The van der Waals surface area contributed by atoms with Crippen LogP contribution in [-0.4, -0.2) is 35.3 Å². The second-order valence-corrected chi connectivity index (χ2v) is 6.58. The Labute approximate surface area is 150 Å². The fourth-order valence-electron chi connectivity index (χ4n) is 3.58. The van der Waals surface area contributed by atoms with Gasteiger partial charge >= 0.3 is 0 Å². The average Bonchev–Trinajstić information content (AvgIpc) is 2.57. The molecule has 2 aromatic rings. The lowest BCUT2D eigenvalue weighted by Crippen LogP contribution is -2.37. The molecule has 3 N–H and O–H groups in total. The average molecular weight is 350 g/mol. The summed E-state index contributed by atoms with van der Waals surface area (Å²) in [6.07, 6.45) is 9.52. The molecule has 1 aromatic carbocycles. The smallest absolute Gasteiger partial charge is 0.0443 e. The third-order valence-corrected chi connectivity index (χ3v) is 4.83. The molecule has 0 unspecified atom stereocenters. The van der Waals surface area contributed by atoms with Crippen molar-refractivity contribution in [1.82, 2.24) is 10.3 Å². The third-order valence-electron chi connectivity index (χ3n) is 4.83. The molecule has 1 heterocycles. The summed E-state index contributed by atoms with van der Waals surface area (Å²) in [4.78, 5) is 4.29. The van der Waals surface area contributed by atoms with Gasteiger partial charge in [0, 0.05) is 47.5 Å². The number of halogens is 1. The number of aliphatic hydroxyl groups excluding tert-OH is 1. The molecule has 0 amide bonds. The first-order valence-electron chi connectivity index (χ1n) is 8.72. The van der Waals surface area contributed by atoms with E-state index in [-0.39, 0.29) is 19.0 Å². The molecule has 1 fully saturated rings. The van der Waals surface area contributed by atoms with Crippen molar-refractivity contribution in [3.8, 4) is 0 Å². The lowest BCUT2D eigenvalue weighted by atomic mass is 9.90. The van der Waals surface area contributed by atoms with Crippen LogP contribution in [0.2, 0.25) is 0 Å². The maximum atomic E-state index is 8.86. The monoisotopic (exact) mass is 349 g/mol. The summed E-state index contributed by atoms with van der Waals surface area (Å²) in [5.74, 6) is 0. The molecule has 5 heteroatoms. The van der Waals surface area contributed by atoms with Crippen LogP contribution in [0.25, 0.3) is 10.8 Å². The molecule has 1 aliphatic carbocycles. The summed E-state index contributed by atoms with van der Waals surface area (Å²) < 4.78 is 0. The minimum atomic E-state index is 0. The second-order valence-electron chi connectivity index (χ2n) is 6.58.